The van der Waals surface area contributed by atoms with Crippen LogP contribution in [0.25, 0.3) is 10.1 Å². The van der Waals surface area contributed by atoms with E-state index in [2.05, 4.69) is 285 Å². The van der Waals surface area contributed by atoms with Crippen LogP contribution in [-0.2, 0) is 37.9 Å². The smallest absolute Gasteiger partial charge is 0.264 e. The largest absolute Gasteiger partial charge is 0.311 e. The van der Waals surface area contributed by atoms with Gasteiger partial charge in [-0.25, -0.2) is 0 Å². The second-order valence-electron chi connectivity index (χ2n) is 31.8. The van der Waals surface area contributed by atoms with Crippen LogP contribution in [0.1, 0.15) is 232 Å². The fraction of sp³-hybridized carbons (Fsp3) is 0.436. The van der Waals surface area contributed by atoms with E-state index in [0.29, 0.717) is 11.8 Å². The van der Waals surface area contributed by atoms with Crippen molar-refractivity contribution < 1.29 is 0 Å². The van der Waals surface area contributed by atoms with Gasteiger partial charge in [-0.15, -0.1) is 11.3 Å². The molecule has 0 bridgehead atoms. The van der Waals surface area contributed by atoms with Crippen LogP contribution in [0.3, 0.4) is 0 Å². The van der Waals surface area contributed by atoms with Gasteiger partial charge in [0.25, 0.3) is 6.71 Å². The lowest BCUT2D eigenvalue weighted by molar-refractivity contribution is 0.332. The molecule has 2 aliphatic heterocycles. The van der Waals surface area contributed by atoms with Gasteiger partial charge in [0.05, 0.1) is 11.4 Å². The molecule has 0 saturated heterocycles. The normalized spacial score (nSPS) is 19.2. The minimum atomic E-state index is -0.0147. The lowest BCUT2D eigenvalue weighted by Gasteiger charge is -2.48. The molecular weight excluding hydrogens is 1020 g/mol. The molecule has 83 heavy (non-hydrogen) atoms. The molecule has 3 nitrogen and oxygen atoms in total. The Labute approximate surface area is 504 Å². The van der Waals surface area contributed by atoms with Crippen molar-refractivity contribution in [2.75, 3.05) is 14.7 Å². The Kier molecular flexibility index (Phi) is 12.7. The maximum absolute atomic E-state index is 2.76. The third-order valence-electron chi connectivity index (χ3n) is 21.6. The molecule has 0 unspecified atom stereocenters. The molecule has 0 spiro atoms. The Morgan fingerprint density at radius 3 is 1.36 bits per heavy atom. The van der Waals surface area contributed by atoms with Crippen LogP contribution < -0.4 is 30.4 Å². The van der Waals surface area contributed by atoms with Gasteiger partial charge in [-0.2, -0.15) is 0 Å². The van der Waals surface area contributed by atoms with Gasteiger partial charge in [0.1, 0.15) is 0 Å². The average Bonchev–Trinajstić information content (AvgIpc) is 1.71. The molecule has 428 valence electrons. The highest BCUT2D eigenvalue weighted by Gasteiger charge is 2.50. The number of nitrogens with zero attached hydrogens (tertiary/aromatic N) is 3. The molecule has 0 amide bonds. The minimum absolute atomic E-state index is 0.00335. The summed E-state index contributed by atoms with van der Waals surface area (Å²) in [5, 5.41) is 1.38. The number of anilines is 9. The Morgan fingerprint density at radius 1 is 0.434 bits per heavy atom. The zero-order valence-corrected chi connectivity index (χ0v) is 54.7. The molecule has 7 aromatic carbocycles. The molecule has 3 aliphatic carbocycles. The van der Waals surface area contributed by atoms with E-state index in [9.17, 15) is 0 Å². The SMILES string of the molecule is CC(C)c1ccc(N(c2ccc(C(C)C)cc2)c2cc3c4c(c2)N(c2ccc(C(C)(C)C)cc2)c2c(sc5cc6c(cc25)C(C)(C)CCC6(C)C)B4c2cc4c(cc2N3c2ccc3c(c2)C(C)(C)CCC3(C)C)C(C)(C)CCC4(C)C)cc1. The highest BCUT2D eigenvalue weighted by Crippen LogP contribution is 2.57. The van der Waals surface area contributed by atoms with E-state index in [0.717, 1.165) is 36.3 Å². The summed E-state index contributed by atoms with van der Waals surface area (Å²) < 4.78 is 2.84. The topological polar surface area (TPSA) is 9.72 Å². The lowest BCUT2D eigenvalue weighted by atomic mass is 9.35. The summed E-state index contributed by atoms with van der Waals surface area (Å²) in [6.07, 6.45) is 7.02. The molecule has 1 aromatic heterocycles. The summed E-state index contributed by atoms with van der Waals surface area (Å²) in [7, 11) is 0. The number of benzene rings is 7. The zero-order valence-electron chi connectivity index (χ0n) is 53.8. The first kappa shape index (κ1) is 56.1. The predicted molar refractivity (Wildman–Crippen MR) is 363 cm³/mol. The molecule has 0 atom stereocenters. The summed E-state index contributed by atoms with van der Waals surface area (Å²) in [5.74, 6) is 0.843. The van der Waals surface area contributed by atoms with Crippen LogP contribution in [0, 0.1) is 0 Å². The summed E-state index contributed by atoms with van der Waals surface area (Å²) in [6, 6.07) is 52.2. The second-order valence-corrected chi connectivity index (χ2v) is 32.9. The summed E-state index contributed by atoms with van der Waals surface area (Å²) in [6.45, 7) is 46.2. The first-order valence-corrected chi connectivity index (χ1v) is 32.5. The van der Waals surface area contributed by atoms with E-state index >= 15 is 0 Å². The maximum Gasteiger partial charge on any atom is 0.264 e. The van der Waals surface area contributed by atoms with Gasteiger partial charge in [-0.1, -0.05) is 180 Å². The Bertz CT molecular complexity index is 3860. The molecule has 0 radical (unpaired) electrons. The van der Waals surface area contributed by atoms with Crippen LogP contribution in [0.2, 0.25) is 0 Å². The van der Waals surface area contributed by atoms with Crippen molar-refractivity contribution in [2.24, 2.45) is 0 Å². The standard InChI is InChI=1S/C78H92BN3S/c1-47(2)49-20-26-52(27-21-49)80(53-28-22-50(23-29-53)48(3)4)56-41-66-69-67(42-56)82(54-30-24-51(25-31-54)72(5,6)7)70-57-43-60-63(78(18,19)39-36-75(60,12)13)46-68(57)83-71(70)79(69)64-44-61-62(77(16,17)38-37-76(61,14)15)45-65(64)81(66)55-32-33-58-59(40-55)74(10,11)35-34-73(58,8)9/h20-33,40-48H,34-39H2,1-19H3. The summed E-state index contributed by atoms with van der Waals surface area (Å²) in [5.41, 5.74) is 27.2. The van der Waals surface area contributed by atoms with Crippen molar-refractivity contribution in [3.8, 4) is 0 Å². The number of rotatable bonds is 7. The molecule has 13 rings (SSSR count). The van der Waals surface area contributed by atoms with Crippen molar-refractivity contribution in [1.82, 2.24) is 0 Å². The highest BCUT2D eigenvalue weighted by atomic mass is 32.1. The van der Waals surface area contributed by atoms with Gasteiger partial charge in [-0.05, 0) is 228 Å². The van der Waals surface area contributed by atoms with Crippen molar-refractivity contribution in [2.45, 2.75) is 220 Å². The van der Waals surface area contributed by atoms with Gasteiger partial charge in [0, 0.05) is 54.7 Å². The van der Waals surface area contributed by atoms with Gasteiger partial charge in [0.2, 0.25) is 0 Å². The maximum atomic E-state index is 2.76. The van der Waals surface area contributed by atoms with Crippen LogP contribution in [0.15, 0.2) is 127 Å². The molecule has 3 heterocycles. The van der Waals surface area contributed by atoms with Gasteiger partial charge in [-0.3, -0.25) is 0 Å². The molecule has 0 saturated carbocycles. The molecule has 8 aromatic rings. The zero-order chi connectivity index (χ0) is 59.0. The van der Waals surface area contributed by atoms with Gasteiger partial charge in [0.15, 0.2) is 0 Å². The number of hydrogen-bond acceptors (Lipinski definition) is 4. The fourth-order valence-corrected chi connectivity index (χ4v) is 16.9. The van der Waals surface area contributed by atoms with Crippen molar-refractivity contribution >= 4 is 95.0 Å². The van der Waals surface area contributed by atoms with Crippen molar-refractivity contribution in [1.29, 1.82) is 0 Å². The second kappa shape index (κ2) is 18.7. The number of thiophene rings is 1. The first-order chi connectivity index (χ1) is 38.9. The van der Waals surface area contributed by atoms with Crippen LogP contribution in [0.4, 0.5) is 51.2 Å². The predicted octanol–water partition coefficient (Wildman–Crippen LogP) is 21.0. The Balaban J connectivity index is 1.20. The third-order valence-corrected chi connectivity index (χ3v) is 22.8. The molecular formula is C78H92BN3S. The summed E-state index contributed by atoms with van der Waals surface area (Å²) >= 11 is 2.07. The molecule has 0 N–H and O–H groups in total. The van der Waals surface area contributed by atoms with E-state index in [1.165, 1.54) is 129 Å². The first-order valence-electron chi connectivity index (χ1n) is 31.7. The third kappa shape index (κ3) is 8.91. The van der Waals surface area contributed by atoms with Gasteiger partial charge >= 0.3 is 0 Å². The molecule has 5 heteroatoms. The lowest BCUT2D eigenvalue weighted by Crippen LogP contribution is -2.61. The van der Waals surface area contributed by atoms with E-state index in [1.54, 1.807) is 0 Å². The van der Waals surface area contributed by atoms with E-state index < -0.39 is 0 Å². The molecule has 0 fully saturated rings. The summed E-state index contributed by atoms with van der Waals surface area (Å²) in [4.78, 5) is 8.06. The van der Waals surface area contributed by atoms with Crippen LogP contribution in [0.5, 0.6) is 0 Å². The Hall–Kier alpha value is -6.04. The minimum Gasteiger partial charge on any atom is -0.311 e. The highest BCUT2D eigenvalue weighted by molar-refractivity contribution is 7.33. The van der Waals surface area contributed by atoms with E-state index in [1.807, 2.05) is 0 Å². The number of fused-ring (bicyclic) bond motifs is 9. The van der Waals surface area contributed by atoms with E-state index in [4.69, 9.17) is 0 Å². The van der Waals surface area contributed by atoms with Gasteiger partial charge < -0.3 is 14.7 Å². The van der Waals surface area contributed by atoms with Crippen molar-refractivity contribution in [3.63, 3.8) is 0 Å². The van der Waals surface area contributed by atoms with Crippen LogP contribution in [-0.4, -0.2) is 6.71 Å². The molecule has 5 aliphatic rings. The van der Waals surface area contributed by atoms with Crippen molar-refractivity contribution in [3.05, 3.63) is 177 Å². The fourth-order valence-electron chi connectivity index (χ4n) is 15.6. The quantitative estimate of drug-likeness (QED) is 0.147. The number of hydrogen-bond donors (Lipinski definition) is 0. The monoisotopic (exact) mass is 1110 g/mol. The Morgan fingerprint density at radius 2 is 0.867 bits per heavy atom. The average molecular weight is 1110 g/mol. The van der Waals surface area contributed by atoms with Crippen LogP contribution >= 0.6 is 11.3 Å². The van der Waals surface area contributed by atoms with E-state index in [-0.39, 0.29) is 44.6 Å².